The van der Waals surface area contributed by atoms with Crippen LogP contribution in [0, 0.1) is 0 Å². The van der Waals surface area contributed by atoms with Crippen LogP contribution in [0.2, 0.25) is 0 Å². The molecule has 5 heterocycles. The highest BCUT2D eigenvalue weighted by Gasteiger charge is 2.26. The van der Waals surface area contributed by atoms with Gasteiger partial charge in [0.2, 0.25) is 5.95 Å². The van der Waals surface area contributed by atoms with Gasteiger partial charge in [0.25, 0.3) is 0 Å². The number of hydrogen-bond donors (Lipinski definition) is 0. The van der Waals surface area contributed by atoms with Crippen molar-refractivity contribution in [3.8, 4) is 39.5 Å². The number of nitrogens with zero attached hydrogens (tertiary/aromatic N) is 4. The molecule has 0 bridgehead atoms. The minimum absolute atomic E-state index is 0.670. The summed E-state index contributed by atoms with van der Waals surface area (Å²) in [5, 5.41) is 8.50. The van der Waals surface area contributed by atoms with Gasteiger partial charge >= 0.3 is 0 Å². The lowest BCUT2D eigenvalue weighted by Crippen LogP contribution is -2.02. The molecule has 8 aromatic carbocycles. The topological polar surface area (TPSA) is 35.1 Å². The molecule has 0 amide bonds. The van der Waals surface area contributed by atoms with Crippen LogP contribution in [0.5, 0.6) is 0 Å². The van der Waals surface area contributed by atoms with Crippen LogP contribution in [0.3, 0.4) is 0 Å². The van der Waals surface area contributed by atoms with E-state index in [4.69, 9.17) is 9.97 Å². The van der Waals surface area contributed by atoms with E-state index < -0.39 is 0 Å². The Balaban J connectivity index is 1.23. The van der Waals surface area contributed by atoms with Crippen molar-refractivity contribution in [3.63, 3.8) is 0 Å². The third-order valence-electron chi connectivity index (χ3n) is 11.9. The van der Waals surface area contributed by atoms with Gasteiger partial charge in [-0.2, -0.15) is 0 Å². The molecule has 0 N–H and O–H groups in total. The fraction of sp³-hybridized carbons (Fsp3) is 0. The first-order valence-electron chi connectivity index (χ1n) is 19.3. The molecule has 264 valence electrons. The van der Waals surface area contributed by atoms with Gasteiger partial charge in [-0.1, -0.05) is 140 Å². The predicted octanol–water partition coefficient (Wildman–Crippen LogP) is 14.1. The van der Waals surface area contributed by atoms with Crippen LogP contribution in [0.25, 0.3) is 120 Å². The summed E-state index contributed by atoms with van der Waals surface area (Å²) in [7, 11) is 0. The Labute approximate surface area is 330 Å². The van der Waals surface area contributed by atoms with Gasteiger partial charge in [-0.15, -0.1) is 11.3 Å². The summed E-state index contributed by atoms with van der Waals surface area (Å²) in [6, 6.07) is 65.7. The third kappa shape index (κ3) is 4.32. The highest BCUT2D eigenvalue weighted by molar-refractivity contribution is 7.26. The van der Waals surface area contributed by atoms with Crippen LogP contribution >= 0.6 is 11.3 Å². The maximum atomic E-state index is 5.54. The van der Waals surface area contributed by atoms with Crippen molar-refractivity contribution in [2.45, 2.75) is 0 Å². The second-order valence-corrected chi connectivity index (χ2v) is 16.0. The molecule has 0 aliphatic heterocycles. The van der Waals surface area contributed by atoms with Gasteiger partial charge in [0.05, 0.1) is 43.5 Å². The van der Waals surface area contributed by atoms with Crippen LogP contribution < -0.4 is 0 Å². The monoisotopic (exact) mass is 742 g/mol. The summed E-state index contributed by atoms with van der Waals surface area (Å²) in [4.78, 5) is 11.1. The van der Waals surface area contributed by atoms with E-state index in [2.05, 4.69) is 191 Å². The molecule has 0 saturated carbocycles. The Morgan fingerprint density at radius 3 is 1.72 bits per heavy atom. The normalized spacial score (nSPS) is 12.2. The molecule has 0 aliphatic carbocycles. The fourth-order valence-electron chi connectivity index (χ4n) is 9.37. The van der Waals surface area contributed by atoms with E-state index in [1.54, 1.807) is 11.3 Å². The van der Waals surface area contributed by atoms with Gasteiger partial charge in [0, 0.05) is 48.0 Å². The van der Waals surface area contributed by atoms with Crippen molar-refractivity contribution in [3.05, 3.63) is 182 Å². The first kappa shape index (κ1) is 30.9. The van der Waals surface area contributed by atoms with Crippen molar-refractivity contribution < 1.29 is 0 Å². The first-order chi connectivity index (χ1) is 28.3. The molecule has 0 fully saturated rings. The average molecular weight is 743 g/mol. The van der Waals surface area contributed by atoms with Gasteiger partial charge in [0.15, 0.2) is 0 Å². The predicted molar refractivity (Wildman–Crippen MR) is 240 cm³/mol. The number of thiophene rings is 1. The molecular formula is C52H30N4S. The molecule has 0 atom stereocenters. The van der Waals surface area contributed by atoms with Crippen LogP contribution in [0.4, 0.5) is 0 Å². The molecule has 13 rings (SSSR count). The van der Waals surface area contributed by atoms with Crippen LogP contribution in [-0.4, -0.2) is 18.9 Å². The van der Waals surface area contributed by atoms with Gasteiger partial charge in [-0.05, 0) is 64.7 Å². The molecule has 0 radical (unpaired) electrons. The van der Waals surface area contributed by atoms with E-state index in [1.165, 1.54) is 75.8 Å². The molecule has 0 spiro atoms. The first-order valence-corrected chi connectivity index (χ1v) is 20.2. The van der Waals surface area contributed by atoms with E-state index in [-0.39, 0.29) is 0 Å². The molecule has 5 aromatic heterocycles. The van der Waals surface area contributed by atoms with Crippen molar-refractivity contribution in [1.29, 1.82) is 0 Å². The van der Waals surface area contributed by atoms with Crippen molar-refractivity contribution in [2.75, 3.05) is 0 Å². The lowest BCUT2D eigenvalue weighted by Gasteiger charge is -2.10. The number of rotatable bonds is 4. The van der Waals surface area contributed by atoms with Crippen molar-refractivity contribution in [1.82, 2.24) is 18.9 Å². The van der Waals surface area contributed by atoms with E-state index in [0.717, 1.165) is 37.9 Å². The Bertz CT molecular complexity index is 3730. The highest BCUT2D eigenvalue weighted by atomic mass is 32.1. The second-order valence-electron chi connectivity index (χ2n) is 14.9. The summed E-state index contributed by atoms with van der Waals surface area (Å²) in [6.07, 6.45) is 0. The number of aromatic nitrogens is 4. The summed E-state index contributed by atoms with van der Waals surface area (Å²) < 4.78 is 7.13. The van der Waals surface area contributed by atoms with E-state index in [1.807, 2.05) is 0 Å². The van der Waals surface area contributed by atoms with Crippen LogP contribution in [0.15, 0.2) is 182 Å². The average Bonchev–Trinajstić information content (AvgIpc) is 4.02. The number of benzene rings is 8. The number of hydrogen-bond acceptors (Lipinski definition) is 3. The fourth-order valence-corrected chi connectivity index (χ4v) is 10.5. The Morgan fingerprint density at radius 1 is 0.386 bits per heavy atom. The third-order valence-corrected chi connectivity index (χ3v) is 13.0. The number of para-hydroxylation sites is 1. The van der Waals surface area contributed by atoms with Gasteiger partial charge in [0.1, 0.15) is 0 Å². The second kappa shape index (κ2) is 11.6. The van der Waals surface area contributed by atoms with Crippen molar-refractivity contribution >= 4 is 91.5 Å². The summed E-state index contributed by atoms with van der Waals surface area (Å²) >= 11 is 1.77. The van der Waals surface area contributed by atoms with E-state index in [0.29, 0.717) is 5.95 Å². The SMILES string of the molecule is c1ccc(-c2ccc3c(c2)c2c4c5ccccc5n5c6ccc(-c7ccccc7)cc6c(cc2n3-c2nc(-c3ccccc3)c3sc6ccccc6c3n2)c45)cc1. The number of fused-ring (bicyclic) bond motifs is 13. The van der Waals surface area contributed by atoms with Gasteiger partial charge < -0.3 is 4.40 Å². The molecule has 5 heteroatoms. The van der Waals surface area contributed by atoms with Gasteiger partial charge in [-0.25, -0.2) is 9.97 Å². The molecule has 0 aliphatic rings. The van der Waals surface area contributed by atoms with Crippen LogP contribution in [-0.2, 0) is 0 Å². The quantitative estimate of drug-likeness (QED) is 0.180. The molecule has 57 heavy (non-hydrogen) atoms. The molecule has 4 nitrogen and oxygen atoms in total. The van der Waals surface area contributed by atoms with E-state index in [9.17, 15) is 0 Å². The minimum atomic E-state index is 0.670. The maximum absolute atomic E-state index is 5.54. The lowest BCUT2D eigenvalue weighted by molar-refractivity contribution is 1.02. The Hall–Kier alpha value is -7.34. The Morgan fingerprint density at radius 2 is 0.982 bits per heavy atom. The van der Waals surface area contributed by atoms with E-state index >= 15 is 0 Å². The largest absolute Gasteiger partial charge is 0.308 e. The smallest absolute Gasteiger partial charge is 0.235 e. The lowest BCUT2D eigenvalue weighted by atomic mass is 9.98. The molecular weight excluding hydrogens is 713 g/mol. The standard InChI is InChI=1S/C52H30N4S/c1-4-14-31(15-5-1)34-24-26-42-38(28-34)39-30-44-46(47-36-20-10-12-22-41(36)55(42)50(39)47)40-29-35(32-16-6-2-7-17-32)25-27-43(40)56(44)52-53-48(33-18-8-3-9-19-33)51-49(54-52)37-21-11-13-23-45(37)57-51/h1-30H. The zero-order valence-corrected chi connectivity index (χ0v) is 31.3. The van der Waals surface area contributed by atoms with Gasteiger partial charge in [-0.3, -0.25) is 4.57 Å². The highest BCUT2D eigenvalue weighted by Crippen LogP contribution is 2.48. The zero-order valence-electron chi connectivity index (χ0n) is 30.5. The molecule has 13 aromatic rings. The Kier molecular flexibility index (Phi) is 6.29. The molecule has 0 saturated heterocycles. The summed E-state index contributed by atoms with van der Waals surface area (Å²) in [5.41, 5.74) is 13.6. The van der Waals surface area contributed by atoms with Crippen LogP contribution in [0.1, 0.15) is 0 Å². The summed E-state index contributed by atoms with van der Waals surface area (Å²) in [5.74, 6) is 0.670. The minimum Gasteiger partial charge on any atom is -0.308 e. The maximum Gasteiger partial charge on any atom is 0.235 e. The zero-order chi connectivity index (χ0) is 37.2. The van der Waals surface area contributed by atoms with Crippen molar-refractivity contribution in [2.24, 2.45) is 0 Å². The molecule has 0 unspecified atom stereocenters. The summed E-state index contributed by atoms with van der Waals surface area (Å²) in [6.45, 7) is 0.